The quantitative estimate of drug-likeness (QED) is 0.431. The van der Waals surface area contributed by atoms with Gasteiger partial charge >= 0.3 is 5.69 Å². The molecule has 0 aliphatic heterocycles. The first kappa shape index (κ1) is 16.6. The number of pyridine rings is 1. The summed E-state index contributed by atoms with van der Waals surface area (Å²) in [7, 11) is 0. The fourth-order valence-electron chi connectivity index (χ4n) is 2.08. The van der Waals surface area contributed by atoms with E-state index in [9.17, 15) is 10.1 Å². The molecule has 0 aliphatic rings. The lowest BCUT2D eigenvalue weighted by Gasteiger charge is -2.10. The van der Waals surface area contributed by atoms with Gasteiger partial charge in [-0.25, -0.2) is 4.98 Å². The smallest absolute Gasteiger partial charge is 0.311 e. The van der Waals surface area contributed by atoms with E-state index in [4.69, 9.17) is 4.74 Å². The van der Waals surface area contributed by atoms with E-state index in [0.29, 0.717) is 31.0 Å². The molecule has 0 saturated carbocycles. The van der Waals surface area contributed by atoms with Crippen LogP contribution in [-0.2, 0) is 4.74 Å². The first-order valence-corrected chi connectivity index (χ1v) is 7.97. The minimum atomic E-state index is -0.422. The molecule has 0 unspecified atom stereocenters. The van der Waals surface area contributed by atoms with Crippen molar-refractivity contribution >= 4 is 38.2 Å². The number of unbranched alkanes of at least 4 members (excludes halogenated alkanes) is 1. The minimum absolute atomic E-state index is 0.0246. The summed E-state index contributed by atoms with van der Waals surface area (Å²) in [6.45, 7) is 3.84. The average molecular weight is 368 g/mol. The minimum Gasteiger partial charge on any atom is -0.380 e. The fraction of sp³-hybridized carbons (Fsp3) is 0.400. The summed E-state index contributed by atoms with van der Waals surface area (Å²) in [5, 5.41) is 15.0. The van der Waals surface area contributed by atoms with Crippen molar-refractivity contribution in [1.82, 2.24) is 4.98 Å². The Morgan fingerprint density at radius 3 is 2.95 bits per heavy atom. The van der Waals surface area contributed by atoms with E-state index in [1.807, 2.05) is 18.2 Å². The maximum atomic E-state index is 11.2. The predicted octanol–water partition coefficient (Wildman–Crippen LogP) is 4.13. The third-order valence-corrected chi connectivity index (χ3v) is 3.69. The van der Waals surface area contributed by atoms with Gasteiger partial charge in [0.25, 0.3) is 0 Å². The molecule has 0 fully saturated rings. The topological polar surface area (TPSA) is 77.3 Å². The van der Waals surface area contributed by atoms with Gasteiger partial charge in [-0.3, -0.25) is 10.1 Å². The van der Waals surface area contributed by atoms with E-state index in [2.05, 4.69) is 33.2 Å². The Bertz CT molecular complexity index is 664. The molecule has 0 atom stereocenters. The number of nitrogens with one attached hydrogen (secondary N) is 1. The van der Waals surface area contributed by atoms with Crippen LogP contribution >= 0.6 is 15.9 Å². The van der Waals surface area contributed by atoms with E-state index in [-0.39, 0.29) is 5.69 Å². The van der Waals surface area contributed by atoms with Crippen molar-refractivity contribution in [3.63, 3.8) is 0 Å². The SMILES string of the molecule is CCCCOCCNc1c([N+](=O)[O-])cnc2cc(Br)ccc12. The highest BCUT2D eigenvalue weighted by Gasteiger charge is 2.17. The molecule has 0 saturated heterocycles. The van der Waals surface area contributed by atoms with Gasteiger partial charge in [-0.05, 0) is 24.6 Å². The van der Waals surface area contributed by atoms with Crippen molar-refractivity contribution in [1.29, 1.82) is 0 Å². The van der Waals surface area contributed by atoms with Crippen molar-refractivity contribution in [2.45, 2.75) is 19.8 Å². The second kappa shape index (κ2) is 8.05. The molecule has 7 heteroatoms. The number of halogens is 1. The molecule has 0 bridgehead atoms. The molecule has 2 aromatic rings. The van der Waals surface area contributed by atoms with Crippen LogP contribution in [0.25, 0.3) is 10.9 Å². The van der Waals surface area contributed by atoms with Crippen molar-refractivity contribution in [3.05, 3.63) is 39.0 Å². The Labute approximate surface area is 137 Å². The van der Waals surface area contributed by atoms with Gasteiger partial charge < -0.3 is 10.1 Å². The van der Waals surface area contributed by atoms with Gasteiger partial charge in [0.15, 0.2) is 0 Å². The number of hydrogen-bond acceptors (Lipinski definition) is 5. The number of fused-ring (bicyclic) bond motifs is 1. The second-order valence-corrected chi connectivity index (χ2v) is 5.75. The molecule has 0 amide bonds. The maximum Gasteiger partial charge on any atom is 0.311 e. The van der Waals surface area contributed by atoms with Gasteiger partial charge in [-0.1, -0.05) is 29.3 Å². The summed E-state index contributed by atoms with van der Waals surface area (Å²) < 4.78 is 6.36. The van der Waals surface area contributed by atoms with Gasteiger partial charge in [-0.15, -0.1) is 0 Å². The van der Waals surface area contributed by atoms with Crippen LogP contribution in [0.15, 0.2) is 28.9 Å². The molecule has 1 aromatic carbocycles. The van der Waals surface area contributed by atoms with E-state index in [0.717, 1.165) is 22.7 Å². The molecule has 2 rings (SSSR count). The fourth-order valence-corrected chi connectivity index (χ4v) is 2.43. The summed E-state index contributed by atoms with van der Waals surface area (Å²) in [6.07, 6.45) is 3.39. The number of anilines is 1. The molecular weight excluding hydrogens is 350 g/mol. The molecule has 1 N–H and O–H groups in total. The highest BCUT2D eigenvalue weighted by Crippen LogP contribution is 2.32. The highest BCUT2D eigenvalue weighted by atomic mass is 79.9. The van der Waals surface area contributed by atoms with Gasteiger partial charge in [0.2, 0.25) is 0 Å². The van der Waals surface area contributed by atoms with Gasteiger partial charge in [-0.2, -0.15) is 0 Å². The predicted molar refractivity (Wildman–Crippen MR) is 90.3 cm³/mol. The van der Waals surface area contributed by atoms with Crippen LogP contribution in [-0.4, -0.2) is 29.7 Å². The Hall–Kier alpha value is -1.73. The first-order chi connectivity index (χ1) is 10.6. The zero-order chi connectivity index (χ0) is 15.9. The van der Waals surface area contributed by atoms with Gasteiger partial charge in [0, 0.05) is 23.0 Å². The van der Waals surface area contributed by atoms with Gasteiger partial charge in [0.05, 0.1) is 17.0 Å². The zero-order valence-corrected chi connectivity index (χ0v) is 13.9. The third-order valence-electron chi connectivity index (χ3n) is 3.20. The van der Waals surface area contributed by atoms with Crippen LogP contribution in [0.5, 0.6) is 0 Å². The number of rotatable bonds is 8. The normalized spacial score (nSPS) is 10.8. The molecule has 1 heterocycles. The summed E-state index contributed by atoms with van der Waals surface area (Å²) in [6, 6.07) is 5.50. The van der Waals surface area contributed by atoms with Crippen LogP contribution < -0.4 is 5.32 Å². The average Bonchev–Trinajstić information content (AvgIpc) is 2.50. The molecule has 6 nitrogen and oxygen atoms in total. The van der Waals surface area contributed by atoms with E-state index >= 15 is 0 Å². The van der Waals surface area contributed by atoms with Crippen LogP contribution in [0.2, 0.25) is 0 Å². The largest absolute Gasteiger partial charge is 0.380 e. The molecular formula is C15H18BrN3O3. The molecule has 0 radical (unpaired) electrons. The zero-order valence-electron chi connectivity index (χ0n) is 12.3. The Morgan fingerprint density at radius 1 is 1.41 bits per heavy atom. The number of nitro groups is 1. The van der Waals surface area contributed by atoms with Crippen molar-refractivity contribution in [3.8, 4) is 0 Å². The standard InChI is InChI=1S/C15H18BrN3O3/c1-2-3-7-22-8-6-17-15-12-5-4-11(16)9-13(12)18-10-14(15)19(20)21/h4-5,9-10H,2-3,6-8H2,1H3,(H,17,18). The molecule has 118 valence electrons. The van der Waals surface area contributed by atoms with Crippen LogP contribution in [0.4, 0.5) is 11.4 Å². The summed E-state index contributed by atoms with van der Waals surface area (Å²) >= 11 is 3.38. The van der Waals surface area contributed by atoms with E-state index < -0.39 is 4.92 Å². The number of benzene rings is 1. The highest BCUT2D eigenvalue weighted by molar-refractivity contribution is 9.10. The monoisotopic (exact) mass is 367 g/mol. The second-order valence-electron chi connectivity index (χ2n) is 4.83. The maximum absolute atomic E-state index is 11.2. The van der Waals surface area contributed by atoms with Crippen LogP contribution in [0, 0.1) is 10.1 Å². The molecule has 0 aliphatic carbocycles. The molecule has 0 spiro atoms. The molecule has 22 heavy (non-hydrogen) atoms. The molecule has 1 aromatic heterocycles. The summed E-state index contributed by atoms with van der Waals surface area (Å²) in [4.78, 5) is 14.9. The van der Waals surface area contributed by atoms with Gasteiger partial charge in [0.1, 0.15) is 11.9 Å². The first-order valence-electron chi connectivity index (χ1n) is 7.17. The Morgan fingerprint density at radius 2 is 2.23 bits per heavy atom. The third kappa shape index (κ3) is 4.14. The Balaban J connectivity index is 2.17. The van der Waals surface area contributed by atoms with Crippen molar-refractivity contribution in [2.24, 2.45) is 0 Å². The number of aromatic nitrogens is 1. The lowest BCUT2D eigenvalue weighted by molar-refractivity contribution is -0.384. The van der Waals surface area contributed by atoms with Crippen molar-refractivity contribution in [2.75, 3.05) is 25.1 Å². The lowest BCUT2D eigenvalue weighted by Crippen LogP contribution is -2.11. The Kier molecular flexibility index (Phi) is 6.09. The number of nitrogens with zero attached hydrogens (tertiary/aromatic N) is 2. The number of ether oxygens (including phenoxy) is 1. The van der Waals surface area contributed by atoms with E-state index in [1.54, 1.807) is 0 Å². The summed E-state index contributed by atoms with van der Waals surface area (Å²) in [5.41, 5.74) is 1.17. The lowest BCUT2D eigenvalue weighted by atomic mass is 10.1. The van der Waals surface area contributed by atoms with Crippen molar-refractivity contribution < 1.29 is 9.66 Å². The van der Waals surface area contributed by atoms with E-state index in [1.165, 1.54) is 6.20 Å². The number of hydrogen-bond donors (Lipinski definition) is 1. The van der Waals surface area contributed by atoms with Crippen LogP contribution in [0.1, 0.15) is 19.8 Å². The van der Waals surface area contributed by atoms with Crippen LogP contribution in [0.3, 0.4) is 0 Å². The summed E-state index contributed by atoms with van der Waals surface area (Å²) in [5.74, 6) is 0.